The summed E-state index contributed by atoms with van der Waals surface area (Å²) in [7, 11) is 0. The van der Waals surface area contributed by atoms with Gasteiger partial charge in [0.1, 0.15) is 0 Å². The average Bonchev–Trinajstić information content (AvgIpc) is 2.03. The molecule has 1 rings (SSSR count). The van der Waals surface area contributed by atoms with Crippen LogP contribution in [0.25, 0.3) is 0 Å². The lowest BCUT2D eigenvalue weighted by Gasteiger charge is -1.98. The van der Waals surface area contributed by atoms with Crippen LogP contribution >= 0.6 is 0 Å². The predicted molar refractivity (Wildman–Crippen MR) is 47.4 cm³/mol. The highest BCUT2D eigenvalue weighted by Gasteiger charge is 1.91. The van der Waals surface area contributed by atoms with Gasteiger partial charge in [-0.05, 0) is 31.4 Å². The molecule has 0 aromatic carbocycles. The summed E-state index contributed by atoms with van der Waals surface area (Å²) in [6, 6.07) is 4.06. The van der Waals surface area contributed by atoms with Gasteiger partial charge in [-0.1, -0.05) is 11.6 Å². The molecule has 0 N–H and O–H groups in total. The number of pyridine rings is 1. The molecule has 0 aliphatic rings. The topological polar surface area (TPSA) is 12.9 Å². The zero-order valence-corrected chi connectivity index (χ0v) is 6.88. The van der Waals surface area contributed by atoms with Crippen LogP contribution in [-0.2, 0) is 6.42 Å². The van der Waals surface area contributed by atoms with Crippen molar-refractivity contribution in [3.05, 3.63) is 42.2 Å². The van der Waals surface area contributed by atoms with Crippen LogP contribution in [0.15, 0.2) is 36.7 Å². The first kappa shape index (κ1) is 7.99. The van der Waals surface area contributed by atoms with E-state index in [2.05, 4.69) is 24.6 Å². The lowest BCUT2D eigenvalue weighted by Crippen LogP contribution is -1.85. The normalized spacial score (nSPS) is 9.55. The van der Waals surface area contributed by atoms with E-state index < -0.39 is 0 Å². The molecule has 0 unspecified atom stereocenters. The van der Waals surface area contributed by atoms with Crippen LogP contribution < -0.4 is 0 Å². The summed E-state index contributed by atoms with van der Waals surface area (Å²) < 4.78 is 0. The van der Waals surface area contributed by atoms with E-state index in [0.717, 1.165) is 12.8 Å². The Morgan fingerprint density at radius 2 is 2.45 bits per heavy atom. The highest BCUT2D eigenvalue weighted by atomic mass is 14.6. The molecule has 0 saturated carbocycles. The molecule has 0 radical (unpaired) electrons. The van der Waals surface area contributed by atoms with Crippen LogP contribution in [-0.4, -0.2) is 4.98 Å². The molecule has 0 amide bonds. The molecule has 11 heavy (non-hydrogen) atoms. The summed E-state index contributed by atoms with van der Waals surface area (Å²) in [5.41, 5.74) is 2.52. The van der Waals surface area contributed by atoms with E-state index in [1.54, 1.807) is 6.20 Å². The maximum Gasteiger partial charge on any atom is 0.0299 e. The maximum atomic E-state index is 4.03. The van der Waals surface area contributed by atoms with Gasteiger partial charge in [0.15, 0.2) is 0 Å². The summed E-state index contributed by atoms with van der Waals surface area (Å²) in [6.45, 7) is 5.90. The molecule has 58 valence electrons. The second kappa shape index (κ2) is 3.91. The van der Waals surface area contributed by atoms with Crippen LogP contribution in [0, 0.1) is 0 Å². The van der Waals surface area contributed by atoms with E-state index >= 15 is 0 Å². The summed E-state index contributed by atoms with van der Waals surface area (Å²) in [6.07, 6.45) is 5.82. The Bertz CT molecular complexity index is 226. The molecule has 1 nitrogen and oxygen atoms in total. The molecule has 0 saturated heterocycles. The maximum absolute atomic E-state index is 4.03. The molecule has 0 aliphatic heterocycles. The van der Waals surface area contributed by atoms with Crippen molar-refractivity contribution in [3.63, 3.8) is 0 Å². The van der Waals surface area contributed by atoms with Gasteiger partial charge in [-0.2, -0.15) is 0 Å². The summed E-state index contributed by atoms with van der Waals surface area (Å²) in [5, 5.41) is 0. The standard InChI is InChI=1S/C10H13N/c1-9(2)5-6-10-4-3-7-11-8-10/h3-4,7-8H,1,5-6H2,2H3. The Kier molecular flexibility index (Phi) is 2.84. The molecule has 1 heterocycles. The number of rotatable bonds is 3. The quantitative estimate of drug-likeness (QED) is 0.599. The van der Waals surface area contributed by atoms with Crippen molar-refractivity contribution in [2.45, 2.75) is 19.8 Å². The minimum Gasteiger partial charge on any atom is -0.264 e. The highest BCUT2D eigenvalue weighted by Crippen LogP contribution is 2.04. The summed E-state index contributed by atoms with van der Waals surface area (Å²) in [5.74, 6) is 0. The largest absolute Gasteiger partial charge is 0.264 e. The van der Waals surface area contributed by atoms with E-state index in [4.69, 9.17) is 0 Å². The molecule has 0 aliphatic carbocycles. The average molecular weight is 147 g/mol. The first-order valence-corrected chi connectivity index (χ1v) is 3.82. The third kappa shape index (κ3) is 2.99. The first-order valence-electron chi connectivity index (χ1n) is 3.82. The SMILES string of the molecule is C=C(C)CCc1cccnc1. The number of aryl methyl sites for hydroxylation is 1. The minimum atomic E-state index is 1.06. The van der Waals surface area contributed by atoms with Gasteiger partial charge in [0.25, 0.3) is 0 Å². The van der Waals surface area contributed by atoms with Crippen molar-refractivity contribution in [1.29, 1.82) is 0 Å². The Hall–Kier alpha value is -1.11. The Labute approximate surface area is 67.8 Å². The smallest absolute Gasteiger partial charge is 0.0299 e. The van der Waals surface area contributed by atoms with Crippen molar-refractivity contribution in [1.82, 2.24) is 4.98 Å². The van der Waals surface area contributed by atoms with Gasteiger partial charge in [-0.15, -0.1) is 6.58 Å². The van der Waals surface area contributed by atoms with Crippen molar-refractivity contribution in [3.8, 4) is 0 Å². The fourth-order valence-electron chi connectivity index (χ4n) is 0.904. The van der Waals surface area contributed by atoms with Gasteiger partial charge in [0, 0.05) is 12.4 Å². The van der Waals surface area contributed by atoms with E-state index in [1.807, 2.05) is 12.3 Å². The Morgan fingerprint density at radius 1 is 1.64 bits per heavy atom. The van der Waals surface area contributed by atoms with Crippen molar-refractivity contribution in [2.24, 2.45) is 0 Å². The minimum absolute atomic E-state index is 1.06. The third-order valence-electron chi connectivity index (χ3n) is 1.56. The number of hydrogen-bond acceptors (Lipinski definition) is 1. The monoisotopic (exact) mass is 147 g/mol. The fraction of sp³-hybridized carbons (Fsp3) is 0.300. The summed E-state index contributed by atoms with van der Waals surface area (Å²) >= 11 is 0. The van der Waals surface area contributed by atoms with Crippen LogP contribution in [0.2, 0.25) is 0 Å². The van der Waals surface area contributed by atoms with Gasteiger partial charge in [-0.25, -0.2) is 0 Å². The third-order valence-corrected chi connectivity index (χ3v) is 1.56. The lowest BCUT2D eigenvalue weighted by molar-refractivity contribution is 0.937. The van der Waals surface area contributed by atoms with Crippen molar-refractivity contribution >= 4 is 0 Å². The summed E-state index contributed by atoms with van der Waals surface area (Å²) in [4.78, 5) is 4.03. The second-order valence-corrected chi connectivity index (χ2v) is 2.82. The number of allylic oxidation sites excluding steroid dienone is 1. The second-order valence-electron chi connectivity index (χ2n) is 2.82. The molecular weight excluding hydrogens is 134 g/mol. The molecule has 1 aromatic heterocycles. The van der Waals surface area contributed by atoms with E-state index in [-0.39, 0.29) is 0 Å². The lowest BCUT2D eigenvalue weighted by atomic mass is 10.1. The zero-order valence-electron chi connectivity index (χ0n) is 6.88. The van der Waals surface area contributed by atoms with E-state index in [1.165, 1.54) is 11.1 Å². The van der Waals surface area contributed by atoms with Crippen molar-refractivity contribution in [2.75, 3.05) is 0 Å². The molecule has 1 heteroatoms. The Balaban J connectivity index is 2.45. The number of nitrogens with zero attached hydrogens (tertiary/aromatic N) is 1. The number of aromatic nitrogens is 1. The molecule has 0 fully saturated rings. The van der Waals surface area contributed by atoms with Gasteiger partial charge < -0.3 is 0 Å². The van der Waals surface area contributed by atoms with Crippen LogP contribution in [0.4, 0.5) is 0 Å². The first-order chi connectivity index (χ1) is 5.29. The molecule has 0 spiro atoms. The Morgan fingerprint density at radius 3 is 3.00 bits per heavy atom. The van der Waals surface area contributed by atoms with Gasteiger partial charge in [0.2, 0.25) is 0 Å². The molecular formula is C10H13N. The zero-order chi connectivity index (χ0) is 8.10. The van der Waals surface area contributed by atoms with Gasteiger partial charge in [0.05, 0.1) is 0 Å². The molecule has 1 aromatic rings. The van der Waals surface area contributed by atoms with Gasteiger partial charge >= 0.3 is 0 Å². The van der Waals surface area contributed by atoms with Crippen LogP contribution in [0.1, 0.15) is 18.9 Å². The fourth-order valence-corrected chi connectivity index (χ4v) is 0.904. The van der Waals surface area contributed by atoms with Crippen LogP contribution in [0.3, 0.4) is 0 Å². The molecule has 0 bridgehead atoms. The van der Waals surface area contributed by atoms with E-state index in [0.29, 0.717) is 0 Å². The highest BCUT2D eigenvalue weighted by molar-refractivity contribution is 5.10. The number of hydrogen-bond donors (Lipinski definition) is 0. The van der Waals surface area contributed by atoms with Crippen molar-refractivity contribution < 1.29 is 0 Å². The van der Waals surface area contributed by atoms with Gasteiger partial charge in [-0.3, -0.25) is 4.98 Å². The predicted octanol–water partition coefficient (Wildman–Crippen LogP) is 2.59. The molecule has 0 atom stereocenters. The van der Waals surface area contributed by atoms with Crippen LogP contribution in [0.5, 0.6) is 0 Å². The van der Waals surface area contributed by atoms with E-state index in [9.17, 15) is 0 Å².